The molecule has 4 nitrogen and oxygen atoms in total. The molecular weight excluding hydrogens is 264 g/mol. The molecule has 3 rings (SSSR count). The lowest BCUT2D eigenvalue weighted by atomic mass is 10.0. The molecule has 1 aromatic rings. The second kappa shape index (κ2) is 5.51. The van der Waals surface area contributed by atoms with Crippen LogP contribution in [0.4, 0.5) is 0 Å². The second-order valence-corrected chi connectivity index (χ2v) is 6.32. The fourth-order valence-electron chi connectivity index (χ4n) is 2.83. The number of amides is 2. The maximum atomic E-state index is 12.5. The predicted octanol–water partition coefficient (Wildman–Crippen LogP) is 2.26. The number of nitrogens with zero attached hydrogens (tertiary/aromatic N) is 2. The van der Waals surface area contributed by atoms with E-state index in [2.05, 4.69) is 13.8 Å². The lowest BCUT2D eigenvalue weighted by Gasteiger charge is -2.34. The van der Waals surface area contributed by atoms with E-state index >= 15 is 0 Å². The molecule has 4 heteroatoms. The summed E-state index contributed by atoms with van der Waals surface area (Å²) in [6.45, 7) is 5.81. The van der Waals surface area contributed by atoms with Gasteiger partial charge in [0.25, 0.3) is 5.91 Å². The topological polar surface area (TPSA) is 40.6 Å². The molecule has 1 saturated carbocycles. The van der Waals surface area contributed by atoms with Gasteiger partial charge >= 0.3 is 0 Å². The Morgan fingerprint density at radius 2 is 1.81 bits per heavy atom. The van der Waals surface area contributed by atoms with Gasteiger partial charge in [-0.05, 0) is 36.5 Å². The molecule has 0 radical (unpaired) electrons. The zero-order valence-electron chi connectivity index (χ0n) is 12.7. The lowest BCUT2D eigenvalue weighted by molar-refractivity contribution is -0.135. The van der Waals surface area contributed by atoms with Crippen molar-refractivity contribution in [2.24, 2.45) is 0 Å². The van der Waals surface area contributed by atoms with Crippen LogP contribution in [0.5, 0.6) is 0 Å². The van der Waals surface area contributed by atoms with Crippen LogP contribution in [0.25, 0.3) is 0 Å². The number of piperazine rings is 1. The minimum Gasteiger partial charge on any atom is -0.336 e. The maximum absolute atomic E-state index is 12.5. The van der Waals surface area contributed by atoms with Crippen LogP contribution in [-0.2, 0) is 4.79 Å². The third-order valence-corrected chi connectivity index (χ3v) is 4.36. The number of carbonyl (C=O) groups excluding carboxylic acids is 2. The summed E-state index contributed by atoms with van der Waals surface area (Å²) in [6, 6.07) is 8.19. The maximum Gasteiger partial charge on any atom is 0.254 e. The summed E-state index contributed by atoms with van der Waals surface area (Å²) in [7, 11) is 0. The minimum atomic E-state index is -0.0332. The van der Waals surface area contributed by atoms with Crippen LogP contribution in [0, 0.1) is 0 Å². The molecule has 0 spiro atoms. The van der Waals surface area contributed by atoms with Gasteiger partial charge in [-0.3, -0.25) is 9.59 Å². The normalized spacial score (nSPS) is 19.3. The number of benzene rings is 1. The summed E-state index contributed by atoms with van der Waals surface area (Å²) < 4.78 is 0. The monoisotopic (exact) mass is 286 g/mol. The molecule has 1 saturated heterocycles. The predicted molar refractivity (Wildman–Crippen MR) is 81.2 cm³/mol. The van der Waals surface area contributed by atoms with E-state index < -0.39 is 0 Å². The van der Waals surface area contributed by atoms with Crippen molar-refractivity contribution in [2.45, 2.75) is 38.6 Å². The van der Waals surface area contributed by atoms with Gasteiger partial charge in [-0.2, -0.15) is 0 Å². The van der Waals surface area contributed by atoms with E-state index in [4.69, 9.17) is 0 Å². The first kappa shape index (κ1) is 14.1. The molecular formula is C17H22N2O2. The molecule has 1 aromatic carbocycles. The van der Waals surface area contributed by atoms with Crippen LogP contribution in [0.1, 0.15) is 48.5 Å². The van der Waals surface area contributed by atoms with Crippen molar-refractivity contribution in [1.82, 2.24) is 9.80 Å². The van der Waals surface area contributed by atoms with Crippen molar-refractivity contribution in [2.75, 3.05) is 19.6 Å². The SMILES string of the molecule is CC(C)c1ccc(C(=O)N2CCN(C3CC3)C(=O)C2)cc1. The second-order valence-electron chi connectivity index (χ2n) is 6.32. The Labute approximate surface area is 125 Å². The van der Waals surface area contributed by atoms with E-state index in [1.807, 2.05) is 29.2 Å². The molecule has 1 aliphatic heterocycles. The van der Waals surface area contributed by atoms with Gasteiger partial charge in [-0.1, -0.05) is 26.0 Å². The van der Waals surface area contributed by atoms with Gasteiger partial charge in [0.2, 0.25) is 5.91 Å². The quantitative estimate of drug-likeness (QED) is 0.855. The standard InChI is InChI=1S/C17H22N2O2/c1-12(2)13-3-5-14(6-4-13)17(21)18-9-10-19(15-7-8-15)16(20)11-18/h3-6,12,15H,7-11H2,1-2H3. The average molecular weight is 286 g/mol. The number of carbonyl (C=O) groups is 2. The molecule has 2 fully saturated rings. The fourth-order valence-corrected chi connectivity index (χ4v) is 2.83. The summed E-state index contributed by atoms with van der Waals surface area (Å²) >= 11 is 0. The van der Waals surface area contributed by atoms with Crippen LogP contribution in [0.3, 0.4) is 0 Å². The summed E-state index contributed by atoms with van der Waals surface area (Å²) in [6.07, 6.45) is 2.24. The smallest absolute Gasteiger partial charge is 0.254 e. The summed E-state index contributed by atoms with van der Waals surface area (Å²) in [5, 5.41) is 0. The molecule has 21 heavy (non-hydrogen) atoms. The molecule has 0 aromatic heterocycles. The Morgan fingerprint density at radius 3 is 2.33 bits per heavy atom. The van der Waals surface area contributed by atoms with Crippen LogP contribution in [0.2, 0.25) is 0 Å². The number of hydrogen-bond acceptors (Lipinski definition) is 2. The van der Waals surface area contributed by atoms with Crippen molar-refractivity contribution in [3.63, 3.8) is 0 Å². The molecule has 0 N–H and O–H groups in total. The van der Waals surface area contributed by atoms with Crippen LogP contribution in [0.15, 0.2) is 24.3 Å². The van der Waals surface area contributed by atoms with E-state index in [1.165, 1.54) is 5.56 Å². The van der Waals surface area contributed by atoms with Crippen molar-refractivity contribution in [1.29, 1.82) is 0 Å². The van der Waals surface area contributed by atoms with Gasteiger partial charge in [0.05, 0.1) is 0 Å². The Kier molecular flexibility index (Phi) is 3.70. The third-order valence-electron chi connectivity index (χ3n) is 4.36. The zero-order valence-corrected chi connectivity index (χ0v) is 12.7. The highest BCUT2D eigenvalue weighted by atomic mass is 16.2. The van der Waals surface area contributed by atoms with Gasteiger partial charge in [-0.25, -0.2) is 0 Å². The van der Waals surface area contributed by atoms with E-state index in [0.717, 1.165) is 12.8 Å². The Balaban J connectivity index is 1.66. The highest BCUT2D eigenvalue weighted by Crippen LogP contribution is 2.28. The Bertz CT molecular complexity index is 546. The first-order chi connectivity index (χ1) is 10.1. The lowest BCUT2D eigenvalue weighted by Crippen LogP contribution is -2.52. The number of rotatable bonds is 3. The highest BCUT2D eigenvalue weighted by Gasteiger charge is 2.36. The van der Waals surface area contributed by atoms with Crippen LogP contribution >= 0.6 is 0 Å². The molecule has 0 bridgehead atoms. The largest absolute Gasteiger partial charge is 0.336 e. The molecule has 0 atom stereocenters. The van der Waals surface area contributed by atoms with E-state index in [0.29, 0.717) is 30.6 Å². The average Bonchev–Trinajstić information content (AvgIpc) is 3.31. The van der Waals surface area contributed by atoms with Gasteiger partial charge < -0.3 is 9.80 Å². The molecule has 2 amide bonds. The summed E-state index contributed by atoms with van der Waals surface area (Å²) in [5.41, 5.74) is 1.90. The fraction of sp³-hybridized carbons (Fsp3) is 0.529. The van der Waals surface area contributed by atoms with Crippen molar-refractivity contribution < 1.29 is 9.59 Å². The Morgan fingerprint density at radius 1 is 1.14 bits per heavy atom. The van der Waals surface area contributed by atoms with Crippen LogP contribution < -0.4 is 0 Å². The van der Waals surface area contributed by atoms with E-state index in [-0.39, 0.29) is 18.4 Å². The van der Waals surface area contributed by atoms with Crippen molar-refractivity contribution >= 4 is 11.8 Å². The minimum absolute atomic E-state index is 0.0332. The molecule has 0 unspecified atom stereocenters. The van der Waals surface area contributed by atoms with Crippen molar-refractivity contribution in [3.8, 4) is 0 Å². The highest BCUT2D eigenvalue weighted by molar-refractivity contribution is 5.97. The van der Waals surface area contributed by atoms with Crippen LogP contribution in [-0.4, -0.2) is 47.3 Å². The first-order valence-electron chi connectivity index (χ1n) is 7.75. The third kappa shape index (κ3) is 2.94. The molecule has 1 aliphatic carbocycles. The van der Waals surface area contributed by atoms with Gasteiger partial charge in [0.15, 0.2) is 0 Å². The summed E-state index contributed by atoms with van der Waals surface area (Å²) in [5.74, 6) is 0.517. The van der Waals surface area contributed by atoms with E-state index in [1.54, 1.807) is 4.90 Å². The molecule has 1 heterocycles. The first-order valence-corrected chi connectivity index (χ1v) is 7.75. The molecule has 112 valence electrons. The summed E-state index contributed by atoms with van der Waals surface area (Å²) in [4.78, 5) is 28.2. The van der Waals surface area contributed by atoms with Gasteiger partial charge in [-0.15, -0.1) is 0 Å². The molecule has 2 aliphatic rings. The van der Waals surface area contributed by atoms with E-state index in [9.17, 15) is 9.59 Å². The number of hydrogen-bond donors (Lipinski definition) is 0. The van der Waals surface area contributed by atoms with Gasteiger partial charge in [0, 0.05) is 24.7 Å². The van der Waals surface area contributed by atoms with Crippen molar-refractivity contribution in [3.05, 3.63) is 35.4 Å². The van der Waals surface area contributed by atoms with Gasteiger partial charge in [0.1, 0.15) is 6.54 Å². The Hall–Kier alpha value is -1.84. The zero-order chi connectivity index (χ0) is 15.0.